The van der Waals surface area contributed by atoms with Crippen LogP contribution in [-0.2, 0) is 24.7 Å². The van der Waals surface area contributed by atoms with E-state index in [0.29, 0.717) is 6.42 Å². The summed E-state index contributed by atoms with van der Waals surface area (Å²) in [6, 6.07) is -0.424. The van der Waals surface area contributed by atoms with Crippen molar-refractivity contribution in [2.75, 3.05) is 5.32 Å². The van der Waals surface area contributed by atoms with Gasteiger partial charge in [-0.15, -0.1) is 12.4 Å². The number of hydrogen-bond acceptors (Lipinski definition) is 3. The molecule has 6 heteroatoms. The number of amides is 1. The Morgan fingerprint density at radius 1 is 1.56 bits per heavy atom. The van der Waals surface area contributed by atoms with Crippen LogP contribution in [0.4, 0.5) is 5.82 Å². The maximum atomic E-state index is 11.9. The molecule has 0 aliphatic heterocycles. The summed E-state index contributed by atoms with van der Waals surface area (Å²) in [5.41, 5.74) is 8.10. The minimum atomic E-state index is -0.424. The highest BCUT2D eigenvalue weighted by atomic mass is 35.5. The number of nitrogens with one attached hydrogen (secondary N) is 1. The second-order valence-electron chi connectivity index (χ2n) is 4.64. The lowest BCUT2D eigenvalue weighted by Gasteiger charge is -2.12. The molecule has 5 nitrogen and oxygen atoms in total. The Balaban J connectivity index is 0.00000162. The maximum Gasteiger partial charge on any atom is 0.242 e. The third-order valence-corrected chi connectivity index (χ3v) is 3.25. The van der Waals surface area contributed by atoms with E-state index < -0.39 is 6.04 Å². The first-order valence-corrected chi connectivity index (χ1v) is 6.24. The molecule has 3 N–H and O–H groups in total. The zero-order valence-corrected chi connectivity index (χ0v) is 11.7. The third kappa shape index (κ3) is 2.84. The van der Waals surface area contributed by atoms with E-state index >= 15 is 0 Å². The molecular weight excluding hydrogens is 252 g/mol. The molecule has 0 saturated carbocycles. The van der Waals surface area contributed by atoms with Crippen LogP contribution in [-0.4, -0.2) is 21.7 Å². The summed E-state index contributed by atoms with van der Waals surface area (Å²) in [5.74, 6) is 0.721. The Bertz CT molecular complexity index is 430. The van der Waals surface area contributed by atoms with Crippen LogP contribution in [0, 0.1) is 0 Å². The van der Waals surface area contributed by atoms with Crippen LogP contribution in [0.1, 0.15) is 37.4 Å². The van der Waals surface area contributed by atoms with E-state index in [-0.39, 0.29) is 18.3 Å². The van der Waals surface area contributed by atoms with Crippen molar-refractivity contribution in [1.82, 2.24) is 9.78 Å². The molecule has 1 aromatic heterocycles. The molecular formula is C12H21ClN4O. The van der Waals surface area contributed by atoms with Gasteiger partial charge in [0.2, 0.25) is 5.91 Å². The largest absolute Gasteiger partial charge is 0.320 e. The molecule has 0 fully saturated rings. The minimum absolute atomic E-state index is 0. The molecule has 102 valence electrons. The van der Waals surface area contributed by atoms with E-state index in [2.05, 4.69) is 10.4 Å². The number of carbonyl (C=O) groups excluding carboxylic acids is 1. The average Bonchev–Trinajstić information content (AvgIpc) is 2.82. The predicted octanol–water partition coefficient (Wildman–Crippen LogP) is 1.40. The highest BCUT2D eigenvalue weighted by Crippen LogP contribution is 2.28. The average molecular weight is 273 g/mol. The smallest absolute Gasteiger partial charge is 0.242 e. The van der Waals surface area contributed by atoms with Gasteiger partial charge in [0, 0.05) is 12.6 Å². The van der Waals surface area contributed by atoms with Gasteiger partial charge in [0.15, 0.2) is 0 Å². The number of nitrogens with two attached hydrogens (primary N) is 1. The molecule has 1 amide bonds. The topological polar surface area (TPSA) is 72.9 Å². The van der Waals surface area contributed by atoms with E-state index in [4.69, 9.17) is 5.73 Å². The van der Waals surface area contributed by atoms with Crippen LogP contribution in [0.2, 0.25) is 0 Å². The van der Waals surface area contributed by atoms with Crippen molar-refractivity contribution >= 4 is 24.1 Å². The van der Waals surface area contributed by atoms with Crippen LogP contribution in [0.5, 0.6) is 0 Å². The third-order valence-electron chi connectivity index (χ3n) is 3.25. The lowest BCUT2D eigenvalue weighted by atomic mass is 10.1. The number of anilines is 1. The second-order valence-corrected chi connectivity index (χ2v) is 4.64. The number of aromatic nitrogens is 2. The van der Waals surface area contributed by atoms with Crippen molar-refractivity contribution < 1.29 is 4.79 Å². The summed E-state index contributed by atoms with van der Waals surface area (Å²) in [6.45, 7) is 2.02. The van der Waals surface area contributed by atoms with E-state index in [1.807, 2.05) is 14.0 Å². The van der Waals surface area contributed by atoms with Gasteiger partial charge >= 0.3 is 0 Å². The lowest BCUT2D eigenvalue weighted by molar-refractivity contribution is -0.117. The number of hydrogen-bond donors (Lipinski definition) is 2. The number of fused-ring (bicyclic) bond motifs is 1. The number of carbonyl (C=O) groups is 1. The summed E-state index contributed by atoms with van der Waals surface area (Å²) in [5, 5.41) is 7.32. The molecule has 1 unspecified atom stereocenters. The van der Waals surface area contributed by atoms with Crippen molar-refractivity contribution in [3.05, 3.63) is 11.3 Å². The van der Waals surface area contributed by atoms with Gasteiger partial charge < -0.3 is 11.1 Å². The Kier molecular flexibility index (Phi) is 5.16. The molecule has 1 heterocycles. The van der Waals surface area contributed by atoms with Crippen molar-refractivity contribution in [2.24, 2.45) is 12.8 Å². The molecule has 18 heavy (non-hydrogen) atoms. The predicted molar refractivity (Wildman–Crippen MR) is 74.0 cm³/mol. The normalized spacial score (nSPS) is 14.8. The van der Waals surface area contributed by atoms with E-state index in [0.717, 1.165) is 37.2 Å². The van der Waals surface area contributed by atoms with Gasteiger partial charge in [0.1, 0.15) is 5.82 Å². The lowest BCUT2D eigenvalue weighted by Crippen LogP contribution is -2.36. The first-order valence-electron chi connectivity index (χ1n) is 6.24. The van der Waals surface area contributed by atoms with E-state index in [1.165, 1.54) is 5.56 Å². The van der Waals surface area contributed by atoms with Gasteiger partial charge in [0.05, 0.1) is 11.7 Å². The molecule has 0 saturated heterocycles. The van der Waals surface area contributed by atoms with Crippen LogP contribution in [0.15, 0.2) is 0 Å². The van der Waals surface area contributed by atoms with Crippen LogP contribution in [0.3, 0.4) is 0 Å². The minimum Gasteiger partial charge on any atom is -0.320 e. The standard InChI is InChI=1S/C12H20N4O.ClH/c1-3-5-9(13)12(17)14-11-8-6-4-7-10(8)15-16(11)2;/h9H,3-7,13H2,1-2H3,(H,14,17);1H. The van der Waals surface area contributed by atoms with Crippen molar-refractivity contribution in [3.63, 3.8) is 0 Å². The number of nitrogens with zero attached hydrogens (tertiary/aromatic N) is 2. The molecule has 0 spiro atoms. The summed E-state index contributed by atoms with van der Waals surface area (Å²) in [6.07, 6.45) is 4.77. The molecule has 1 aromatic rings. The fourth-order valence-electron chi connectivity index (χ4n) is 2.33. The Hall–Kier alpha value is -1.07. The molecule has 1 atom stereocenters. The highest BCUT2D eigenvalue weighted by molar-refractivity contribution is 5.94. The maximum absolute atomic E-state index is 11.9. The van der Waals surface area contributed by atoms with Crippen LogP contribution >= 0.6 is 12.4 Å². The summed E-state index contributed by atoms with van der Waals surface area (Å²) < 4.78 is 1.75. The van der Waals surface area contributed by atoms with E-state index in [1.54, 1.807) is 4.68 Å². The van der Waals surface area contributed by atoms with Crippen molar-refractivity contribution in [1.29, 1.82) is 0 Å². The van der Waals surface area contributed by atoms with E-state index in [9.17, 15) is 4.79 Å². The fraction of sp³-hybridized carbons (Fsp3) is 0.667. The Morgan fingerprint density at radius 3 is 2.94 bits per heavy atom. The van der Waals surface area contributed by atoms with Gasteiger partial charge in [-0.25, -0.2) is 0 Å². The number of aryl methyl sites for hydroxylation is 2. The van der Waals surface area contributed by atoms with Crippen LogP contribution < -0.4 is 11.1 Å². The number of halogens is 1. The summed E-state index contributed by atoms with van der Waals surface area (Å²) in [7, 11) is 1.86. The molecule has 0 aromatic carbocycles. The quantitative estimate of drug-likeness (QED) is 0.870. The molecule has 1 aliphatic carbocycles. The van der Waals surface area contributed by atoms with Crippen molar-refractivity contribution in [2.45, 2.75) is 45.1 Å². The first-order chi connectivity index (χ1) is 8.13. The second kappa shape index (κ2) is 6.20. The Morgan fingerprint density at radius 2 is 2.28 bits per heavy atom. The first kappa shape index (κ1) is 15.0. The Labute approximate surface area is 114 Å². The van der Waals surface area contributed by atoms with Gasteiger partial charge in [-0.2, -0.15) is 5.10 Å². The van der Waals surface area contributed by atoms with Crippen LogP contribution in [0.25, 0.3) is 0 Å². The monoisotopic (exact) mass is 272 g/mol. The highest BCUT2D eigenvalue weighted by Gasteiger charge is 2.23. The van der Waals surface area contributed by atoms with Gasteiger partial charge in [-0.05, 0) is 25.7 Å². The van der Waals surface area contributed by atoms with Gasteiger partial charge in [0.25, 0.3) is 0 Å². The summed E-state index contributed by atoms with van der Waals surface area (Å²) in [4.78, 5) is 11.9. The van der Waals surface area contributed by atoms with Gasteiger partial charge in [-0.3, -0.25) is 9.48 Å². The SMILES string of the molecule is CCCC(N)C(=O)Nc1c2c(nn1C)CCC2.Cl. The molecule has 0 radical (unpaired) electrons. The molecule has 2 rings (SSSR count). The van der Waals surface area contributed by atoms with Gasteiger partial charge in [-0.1, -0.05) is 13.3 Å². The van der Waals surface area contributed by atoms with Crippen molar-refractivity contribution in [3.8, 4) is 0 Å². The zero-order chi connectivity index (χ0) is 12.4. The number of rotatable bonds is 4. The fourth-order valence-corrected chi connectivity index (χ4v) is 2.33. The summed E-state index contributed by atoms with van der Waals surface area (Å²) >= 11 is 0. The molecule has 1 aliphatic rings. The molecule has 0 bridgehead atoms. The zero-order valence-electron chi connectivity index (χ0n) is 10.9.